The van der Waals surface area contributed by atoms with Crippen LogP contribution in [-0.2, 0) is 14.3 Å². The van der Waals surface area contributed by atoms with E-state index >= 15 is 0 Å². The average molecular weight is 251 g/mol. The number of esters is 1. The Morgan fingerprint density at radius 1 is 1.11 bits per heavy atom. The van der Waals surface area contributed by atoms with Gasteiger partial charge in [-0.1, -0.05) is 19.3 Å². The molecule has 0 spiro atoms. The van der Waals surface area contributed by atoms with Crippen molar-refractivity contribution in [2.45, 2.75) is 64.5 Å². The number of ether oxygens (including phenoxy) is 1. The van der Waals surface area contributed by atoms with E-state index in [4.69, 9.17) is 4.74 Å². The molecule has 0 aromatic carbocycles. The van der Waals surface area contributed by atoms with E-state index in [1.807, 2.05) is 0 Å². The molecule has 1 N–H and O–H groups in total. The molecule has 0 bridgehead atoms. The van der Waals surface area contributed by atoms with Crippen molar-refractivity contribution in [2.24, 2.45) is 0 Å². The Morgan fingerprint density at radius 3 is 2.28 bits per heavy atom. The highest BCUT2D eigenvalue weighted by Gasteiger charge is 2.16. The molecule has 1 rings (SSSR count). The van der Waals surface area contributed by atoms with E-state index in [1.54, 1.807) is 20.8 Å². The fraction of sp³-hybridized carbons (Fsp3) is 0.714. The molecule has 1 aliphatic carbocycles. The highest BCUT2D eigenvalue weighted by molar-refractivity contribution is 6.01. The molecular formula is C14H21NO3. The third-order valence-electron chi connectivity index (χ3n) is 2.62. The molecule has 0 saturated heterocycles. The largest absolute Gasteiger partial charge is 0.450 e. The first-order valence-corrected chi connectivity index (χ1v) is 6.42. The summed E-state index contributed by atoms with van der Waals surface area (Å²) in [5.74, 6) is 3.42. The maximum atomic E-state index is 11.5. The average Bonchev–Trinajstić information content (AvgIpc) is 2.25. The monoisotopic (exact) mass is 251 g/mol. The number of rotatable bonds is 1. The smallest absolute Gasteiger partial charge is 0.385 e. The Balaban J connectivity index is 2.37. The van der Waals surface area contributed by atoms with E-state index in [1.165, 1.54) is 6.42 Å². The summed E-state index contributed by atoms with van der Waals surface area (Å²) in [6, 6.07) is 0.208. The summed E-state index contributed by atoms with van der Waals surface area (Å²) in [5.41, 5.74) is -0.578. The van der Waals surface area contributed by atoms with Crippen molar-refractivity contribution >= 4 is 11.9 Å². The molecule has 0 aliphatic heterocycles. The summed E-state index contributed by atoms with van der Waals surface area (Å²) in [6.07, 6.45) is 5.52. The topological polar surface area (TPSA) is 55.4 Å². The van der Waals surface area contributed by atoms with Crippen molar-refractivity contribution < 1.29 is 14.3 Å². The Labute approximate surface area is 108 Å². The molecule has 100 valence electrons. The minimum Gasteiger partial charge on any atom is -0.450 e. The third-order valence-corrected chi connectivity index (χ3v) is 2.62. The van der Waals surface area contributed by atoms with Gasteiger partial charge in [-0.15, -0.1) is 0 Å². The van der Waals surface area contributed by atoms with E-state index < -0.39 is 17.5 Å². The summed E-state index contributed by atoms with van der Waals surface area (Å²) >= 11 is 0. The predicted molar refractivity (Wildman–Crippen MR) is 68.6 cm³/mol. The number of amides is 1. The molecule has 18 heavy (non-hydrogen) atoms. The van der Waals surface area contributed by atoms with E-state index in [2.05, 4.69) is 17.2 Å². The first-order valence-electron chi connectivity index (χ1n) is 6.42. The second kappa shape index (κ2) is 6.44. The van der Waals surface area contributed by atoms with E-state index in [0.29, 0.717) is 0 Å². The normalized spacial score (nSPS) is 16.4. The number of carbonyl (C=O) groups is 2. The fourth-order valence-corrected chi connectivity index (χ4v) is 1.88. The Kier molecular flexibility index (Phi) is 5.21. The number of hydrogen-bond donors (Lipinski definition) is 1. The second-order valence-electron chi connectivity index (χ2n) is 5.56. The summed E-state index contributed by atoms with van der Waals surface area (Å²) in [6.45, 7) is 5.28. The van der Waals surface area contributed by atoms with Gasteiger partial charge in [0, 0.05) is 17.9 Å². The summed E-state index contributed by atoms with van der Waals surface area (Å²) < 4.78 is 4.99. The fourth-order valence-electron chi connectivity index (χ4n) is 1.88. The van der Waals surface area contributed by atoms with Crippen LogP contribution in [0.25, 0.3) is 0 Å². The van der Waals surface area contributed by atoms with Crippen LogP contribution in [0.1, 0.15) is 52.9 Å². The molecule has 0 aromatic rings. The number of nitrogens with one attached hydrogen (secondary N) is 1. The van der Waals surface area contributed by atoms with Crippen molar-refractivity contribution in [1.82, 2.24) is 5.32 Å². The lowest BCUT2D eigenvalue weighted by Crippen LogP contribution is -2.35. The molecule has 1 fully saturated rings. The Morgan fingerprint density at radius 2 is 1.72 bits per heavy atom. The highest BCUT2D eigenvalue weighted by atomic mass is 16.6. The maximum absolute atomic E-state index is 11.5. The number of carbonyl (C=O) groups excluding carboxylic acids is 2. The molecule has 1 saturated carbocycles. The molecule has 4 nitrogen and oxygen atoms in total. The molecule has 1 aliphatic rings. The van der Waals surface area contributed by atoms with Crippen molar-refractivity contribution in [2.75, 3.05) is 0 Å². The van der Waals surface area contributed by atoms with Crippen molar-refractivity contribution in [3.05, 3.63) is 0 Å². The Bertz CT molecular complexity index is 365. The van der Waals surface area contributed by atoms with Crippen molar-refractivity contribution in [1.29, 1.82) is 0 Å². The standard InChI is InChI=1S/C14H21NO3/c1-14(2,3)18-13(17)10-9-12(16)15-11-7-5-4-6-8-11/h11H,4-8H2,1-3H3,(H,15,16). The van der Waals surface area contributed by atoms with Gasteiger partial charge in [-0.3, -0.25) is 4.79 Å². The van der Waals surface area contributed by atoms with Gasteiger partial charge in [0.25, 0.3) is 5.91 Å². The summed E-state index contributed by atoms with van der Waals surface area (Å²) in [4.78, 5) is 22.8. The quantitative estimate of drug-likeness (QED) is 0.439. The van der Waals surface area contributed by atoms with Gasteiger partial charge >= 0.3 is 5.97 Å². The molecular weight excluding hydrogens is 230 g/mol. The van der Waals surface area contributed by atoms with Crippen LogP contribution in [0.3, 0.4) is 0 Å². The first-order chi connectivity index (χ1) is 8.37. The zero-order valence-electron chi connectivity index (χ0n) is 11.3. The van der Waals surface area contributed by atoms with Crippen LogP contribution in [0.15, 0.2) is 0 Å². The van der Waals surface area contributed by atoms with E-state index in [-0.39, 0.29) is 6.04 Å². The molecule has 1 amide bonds. The van der Waals surface area contributed by atoms with E-state index in [0.717, 1.165) is 25.7 Å². The van der Waals surface area contributed by atoms with Gasteiger partial charge in [0.15, 0.2) is 0 Å². The zero-order chi connectivity index (χ0) is 13.6. The molecule has 0 atom stereocenters. The molecule has 0 unspecified atom stereocenters. The molecule has 0 radical (unpaired) electrons. The second-order valence-corrected chi connectivity index (χ2v) is 5.56. The maximum Gasteiger partial charge on any atom is 0.385 e. The minimum atomic E-state index is -0.665. The van der Waals surface area contributed by atoms with Gasteiger partial charge in [0.1, 0.15) is 5.60 Å². The van der Waals surface area contributed by atoms with Crippen LogP contribution in [0.4, 0.5) is 0 Å². The molecule has 0 heterocycles. The van der Waals surface area contributed by atoms with Crippen molar-refractivity contribution in [3.63, 3.8) is 0 Å². The van der Waals surface area contributed by atoms with Crippen molar-refractivity contribution in [3.8, 4) is 11.8 Å². The van der Waals surface area contributed by atoms with Crippen LogP contribution in [0.5, 0.6) is 0 Å². The van der Waals surface area contributed by atoms with Gasteiger partial charge < -0.3 is 10.1 Å². The lowest BCUT2D eigenvalue weighted by atomic mass is 9.95. The number of hydrogen-bond acceptors (Lipinski definition) is 3. The lowest BCUT2D eigenvalue weighted by Gasteiger charge is -2.21. The summed E-state index contributed by atoms with van der Waals surface area (Å²) in [5, 5.41) is 2.82. The lowest BCUT2D eigenvalue weighted by molar-refractivity contribution is -0.147. The first kappa shape index (κ1) is 14.6. The van der Waals surface area contributed by atoms with Crippen LogP contribution in [-0.4, -0.2) is 23.5 Å². The van der Waals surface area contributed by atoms with Gasteiger partial charge in [0.2, 0.25) is 0 Å². The minimum absolute atomic E-state index is 0.208. The Hall–Kier alpha value is -1.50. The SMILES string of the molecule is CC(C)(C)OC(=O)C#CC(=O)NC1CCCCC1. The summed E-state index contributed by atoms with van der Waals surface area (Å²) in [7, 11) is 0. The predicted octanol–water partition coefficient (Wildman–Crippen LogP) is 1.78. The van der Waals surface area contributed by atoms with Crippen LogP contribution < -0.4 is 5.32 Å². The van der Waals surface area contributed by atoms with E-state index in [9.17, 15) is 9.59 Å². The van der Waals surface area contributed by atoms with Crippen LogP contribution >= 0.6 is 0 Å². The van der Waals surface area contributed by atoms with Gasteiger partial charge in [-0.25, -0.2) is 4.79 Å². The van der Waals surface area contributed by atoms with Gasteiger partial charge in [-0.05, 0) is 33.6 Å². The molecule has 0 aromatic heterocycles. The highest BCUT2D eigenvalue weighted by Crippen LogP contribution is 2.17. The van der Waals surface area contributed by atoms with Crippen LogP contribution in [0, 0.1) is 11.8 Å². The van der Waals surface area contributed by atoms with Gasteiger partial charge in [-0.2, -0.15) is 0 Å². The van der Waals surface area contributed by atoms with Crippen LogP contribution in [0.2, 0.25) is 0 Å². The molecule has 4 heteroatoms. The van der Waals surface area contributed by atoms with Gasteiger partial charge in [0.05, 0.1) is 0 Å². The zero-order valence-corrected chi connectivity index (χ0v) is 11.3. The third kappa shape index (κ3) is 6.29.